The van der Waals surface area contributed by atoms with Gasteiger partial charge in [-0.1, -0.05) is 19.1 Å². The molecule has 68 valence electrons. The molecule has 1 unspecified atom stereocenters. The predicted octanol–water partition coefficient (Wildman–Crippen LogP) is 1.18. The Hall–Kier alpha value is -0.830. The predicted molar refractivity (Wildman–Crippen MR) is 44.7 cm³/mol. The highest BCUT2D eigenvalue weighted by atomic mass is 16.4. The molecule has 12 heavy (non-hydrogen) atoms. The zero-order valence-electron chi connectivity index (χ0n) is 7.16. The van der Waals surface area contributed by atoms with Crippen LogP contribution >= 0.6 is 0 Å². The van der Waals surface area contributed by atoms with Crippen LogP contribution in [0.15, 0.2) is 12.2 Å². The molecule has 1 atom stereocenters. The molecular formula is C9H14O3. The number of allylic oxidation sites excluding steroid dienone is 1. The van der Waals surface area contributed by atoms with Crippen LogP contribution in [-0.2, 0) is 4.79 Å². The van der Waals surface area contributed by atoms with Crippen molar-refractivity contribution in [2.45, 2.75) is 32.3 Å². The van der Waals surface area contributed by atoms with Crippen LogP contribution in [0, 0.1) is 5.41 Å². The molecule has 1 aliphatic carbocycles. The fourth-order valence-electron chi connectivity index (χ4n) is 1.22. The molecule has 2 N–H and O–H groups in total. The number of hydrogen-bond acceptors (Lipinski definition) is 2. The number of aliphatic carboxylic acids is 1. The van der Waals surface area contributed by atoms with Gasteiger partial charge in [0.2, 0.25) is 0 Å². The molecule has 1 aliphatic rings. The highest BCUT2D eigenvalue weighted by Gasteiger charge is 2.54. The number of rotatable bonds is 4. The molecule has 1 rings (SSSR count). The van der Waals surface area contributed by atoms with Crippen molar-refractivity contribution >= 4 is 5.97 Å². The third-order valence-corrected chi connectivity index (χ3v) is 2.33. The van der Waals surface area contributed by atoms with Crippen molar-refractivity contribution in [3.05, 3.63) is 12.2 Å². The summed E-state index contributed by atoms with van der Waals surface area (Å²) in [5, 5.41) is 18.3. The molecule has 1 fully saturated rings. The maximum atomic E-state index is 10.7. The Balaban J connectivity index is 2.57. The molecular weight excluding hydrogens is 156 g/mol. The highest BCUT2D eigenvalue weighted by molar-refractivity contribution is 5.79. The topological polar surface area (TPSA) is 57.5 Å². The van der Waals surface area contributed by atoms with Gasteiger partial charge in [-0.3, -0.25) is 4.79 Å². The highest BCUT2D eigenvalue weighted by Crippen LogP contribution is 2.49. The van der Waals surface area contributed by atoms with E-state index in [1.165, 1.54) is 0 Å². The van der Waals surface area contributed by atoms with Gasteiger partial charge in [0.05, 0.1) is 11.5 Å². The Morgan fingerprint density at radius 1 is 1.67 bits per heavy atom. The fourth-order valence-corrected chi connectivity index (χ4v) is 1.22. The van der Waals surface area contributed by atoms with E-state index in [0.29, 0.717) is 12.8 Å². The molecule has 0 aromatic rings. The van der Waals surface area contributed by atoms with Gasteiger partial charge in [0.1, 0.15) is 0 Å². The Kier molecular flexibility index (Phi) is 2.52. The summed E-state index contributed by atoms with van der Waals surface area (Å²) < 4.78 is 0. The van der Waals surface area contributed by atoms with Gasteiger partial charge in [0.25, 0.3) is 0 Å². The van der Waals surface area contributed by atoms with Gasteiger partial charge in [0.15, 0.2) is 0 Å². The molecule has 0 aromatic carbocycles. The van der Waals surface area contributed by atoms with Crippen LogP contribution in [0.3, 0.4) is 0 Å². The first-order valence-electron chi connectivity index (χ1n) is 4.21. The average molecular weight is 170 g/mol. The largest absolute Gasteiger partial charge is 0.481 e. The van der Waals surface area contributed by atoms with Gasteiger partial charge < -0.3 is 10.2 Å². The van der Waals surface area contributed by atoms with E-state index in [2.05, 4.69) is 0 Å². The van der Waals surface area contributed by atoms with Gasteiger partial charge in [-0.05, 0) is 19.3 Å². The minimum Gasteiger partial charge on any atom is -0.481 e. The van der Waals surface area contributed by atoms with Gasteiger partial charge in [-0.2, -0.15) is 0 Å². The van der Waals surface area contributed by atoms with Crippen molar-refractivity contribution in [3.8, 4) is 0 Å². The molecule has 3 nitrogen and oxygen atoms in total. The van der Waals surface area contributed by atoms with Gasteiger partial charge in [-0.25, -0.2) is 0 Å². The van der Waals surface area contributed by atoms with Gasteiger partial charge in [0, 0.05) is 0 Å². The first kappa shape index (κ1) is 9.26. The number of aliphatic hydroxyl groups excluding tert-OH is 1. The van der Waals surface area contributed by atoms with Crippen LogP contribution in [-0.4, -0.2) is 22.3 Å². The maximum Gasteiger partial charge on any atom is 0.312 e. The second kappa shape index (κ2) is 3.27. The molecule has 0 aromatic heterocycles. The maximum absolute atomic E-state index is 10.7. The minimum atomic E-state index is -0.879. The number of carboxylic acids is 1. The number of carboxylic acid groups (broad SMARTS) is 1. The standard InChI is InChI=1S/C9H14O3/c1-2-3-4-7(10)9(5-6-9)8(11)12/h3-4,7,10H,2,5-6H2,1H3,(H,11,12)/b4-3+. The molecule has 0 bridgehead atoms. The van der Waals surface area contributed by atoms with E-state index in [1.54, 1.807) is 12.2 Å². The van der Waals surface area contributed by atoms with E-state index >= 15 is 0 Å². The van der Waals surface area contributed by atoms with E-state index in [-0.39, 0.29) is 0 Å². The fraction of sp³-hybridized carbons (Fsp3) is 0.667. The van der Waals surface area contributed by atoms with E-state index in [0.717, 1.165) is 6.42 Å². The summed E-state index contributed by atoms with van der Waals surface area (Å²) in [6.45, 7) is 1.95. The summed E-state index contributed by atoms with van der Waals surface area (Å²) in [7, 11) is 0. The zero-order chi connectivity index (χ0) is 9.19. The smallest absolute Gasteiger partial charge is 0.312 e. The third kappa shape index (κ3) is 1.50. The molecule has 3 heteroatoms. The Morgan fingerprint density at radius 2 is 2.25 bits per heavy atom. The molecule has 0 spiro atoms. The van der Waals surface area contributed by atoms with Crippen molar-refractivity contribution in [3.63, 3.8) is 0 Å². The summed E-state index contributed by atoms with van der Waals surface area (Å²) in [5.74, 6) is -0.879. The molecule has 0 saturated heterocycles. The SMILES string of the molecule is CC/C=C/C(O)C1(C(=O)O)CC1. The molecule has 0 aliphatic heterocycles. The van der Waals surface area contributed by atoms with Crippen molar-refractivity contribution < 1.29 is 15.0 Å². The van der Waals surface area contributed by atoms with E-state index in [1.807, 2.05) is 6.92 Å². The lowest BCUT2D eigenvalue weighted by Gasteiger charge is -2.13. The lowest BCUT2D eigenvalue weighted by atomic mass is 9.99. The Morgan fingerprint density at radius 3 is 2.58 bits per heavy atom. The lowest BCUT2D eigenvalue weighted by molar-refractivity contribution is -0.146. The zero-order valence-corrected chi connectivity index (χ0v) is 7.16. The monoisotopic (exact) mass is 170 g/mol. The third-order valence-electron chi connectivity index (χ3n) is 2.33. The number of carbonyl (C=O) groups is 1. The van der Waals surface area contributed by atoms with Crippen molar-refractivity contribution in [1.82, 2.24) is 0 Å². The van der Waals surface area contributed by atoms with Crippen molar-refractivity contribution in [2.75, 3.05) is 0 Å². The van der Waals surface area contributed by atoms with E-state index in [4.69, 9.17) is 5.11 Å². The summed E-state index contributed by atoms with van der Waals surface area (Å²) >= 11 is 0. The number of hydrogen-bond donors (Lipinski definition) is 2. The van der Waals surface area contributed by atoms with E-state index in [9.17, 15) is 9.90 Å². The average Bonchev–Trinajstić information content (AvgIpc) is 2.80. The first-order valence-corrected chi connectivity index (χ1v) is 4.21. The van der Waals surface area contributed by atoms with Gasteiger partial charge in [-0.15, -0.1) is 0 Å². The summed E-state index contributed by atoms with van der Waals surface area (Å²) in [6, 6.07) is 0. The lowest BCUT2D eigenvalue weighted by Crippen LogP contribution is -2.28. The summed E-state index contributed by atoms with van der Waals surface area (Å²) in [5.41, 5.74) is -0.855. The van der Waals surface area contributed by atoms with Crippen LogP contribution in [0.25, 0.3) is 0 Å². The van der Waals surface area contributed by atoms with Crippen LogP contribution in [0.5, 0.6) is 0 Å². The first-order chi connectivity index (χ1) is 5.63. The summed E-state index contributed by atoms with van der Waals surface area (Å²) in [6.07, 6.45) is 4.59. The van der Waals surface area contributed by atoms with Crippen LogP contribution in [0.2, 0.25) is 0 Å². The second-order valence-electron chi connectivity index (χ2n) is 3.24. The molecule has 0 amide bonds. The van der Waals surface area contributed by atoms with E-state index < -0.39 is 17.5 Å². The van der Waals surface area contributed by atoms with Crippen LogP contribution in [0.1, 0.15) is 26.2 Å². The van der Waals surface area contributed by atoms with Crippen molar-refractivity contribution in [1.29, 1.82) is 0 Å². The Bertz CT molecular complexity index is 204. The Labute approximate surface area is 71.7 Å². The quantitative estimate of drug-likeness (QED) is 0.623. The minimum absolute atomic E-state index is 0.595. The van der Waals surface area contributed by atoms with Gasteiger partial charge >= 0.3 is 5.97 Å². The normalized spacial score (nSPS) is 22.5. The molecule has 0 heterocycles. The molecule has 1 saturated carbocycles. The van der Waals surface area contributed by atoms with Crippen LogP contribution in [0.4, 0.5) is 0 Å². The van der Waals surface area contributed by atoms with Crippen molar-refractivity contribution in [2.24, 2.45) is 5.41 Å². The summed E-state index contributed by atoms with van der Waals surface area (Å²) in [4.78, 5) is 10.7. The van der Waals surface area contributed by atoms with Crippen LogP contribution < -0.4 is 0 Å². The molecule has 0 radical (unpaired) electrons. The number of aliphatic hydroxyl groups is 1. The second-order valence-corrected chi connectivity index (χ2v) is 3.24.